The van der Waals surface area contributed by atoms with Crippen molar-refractivity contribution < 1.29 is 19.7 Å². The highest BCUT2D eigenvalue weighted by atomic mass is 16.5. The standard InChI is InChI=1S/C18H15NO4/c1-2-23-17-10-12(3-8-16(17)20)9-15(11-19)13-4-6-14(7-5-13)18(21)22/h3-10,20H,2H2,1H3,(H,21,22)/b15-9-. The molecule has 2 aromatic rings. The molecule has 0 atom stereocenters. The molecule has 2 aromatic carbocycles. The van der Waals surface area contributed by atoms with Gasteiger partial charge in [-0.3, -0.25) is 0 Å². The molecule has 0 saturated heterocycles. The summed E-state index contributed by atoms with van der Waals surface area (Å²) in [7, 11) is 0. The molecule has 5 heteroatoms. The number of benzene rings is 2. The van der Waals surface area contributed by atoms with Crippen molar-refractivity contribution in [1.82, 2.24) is 0 Å². The molecule has 0 aliphatic heterocycles. The second-order valence-corrected chi connectivity index (χ2v) is 4.71. The highest BCUT2D eigenvalue weighted by Gasteiger charge is 2.07. The minimum absolute atomic E-state index is 0.0355. The van der Waals surface area contributed by atoms with E-state index in [4.69, 9.17) is 9.84 Å². The second-order valence-electron chi connectivity index (χ2n) is 4.71. The van der Waals surface area contributed by atoms with Gasteiger partial charge in [0.1, 0.15) is 0 Å². The van der Waals surface area contributed by atoms with E-state index in [0.717, 1.165) is 0 Å². The normalized spacial score (nSPS) is 10.9. The van der Waals surface area contributed by atoms with Crippen LogP contribution in [0.25, 0.3) is 11.6 Å². The third kappa shape index (κ3) is 3.89. The van der Waals surface area contributed by atoms with Crippen LogP contribution in [-0.4, -0.2) is 22.8 Å². The summed E-state index contributed by atoms with van der Waals surface area (Å²) in [5.41, 5.74) is 1.86. The minimum Gasteiger partial charge on any atom is -0.504 e. The quantitative estimate of drug-likeness (QED) is 0.651. The highest BCUT2D eigenvalue weighted by Crippen LogP contribution is 2.28. The molecule has 5 nitrogen and oxygen atoms in total. The number of carbonyl (C=O) groups is 1. The van der Waals surface area contributed by atoms with Gasteiger partial charge in [-0.15, -0.1) is 0 Å². The molecular weight excluding hydrogens is 294 g/mol. The molecular formula is C18H15NO4. The van der Waals surface area contributed by atoms with E-state index in [-0.39, 0.29) is 11.3 Å². The maximum absolute atomic E-state index is 10.9. The third-order valence-electron chi connectivity index (χ3n) is 3.16. The summed E-state index contributed by atoms with van der Waals surface area (Å²) in [6.45, 7) is 2.23. The first-order chi connectivity index (χ1) is 11.0. The Labute approximate surface area is 133 Å². The van der Waals surface area contributed by atoms with Crippen molar-refractivity contribution in [1.29, 1.82) is 5.26 Å². The monoisotopic (exact) mass is 309 g/mol. The molecule has 0 fully saturated rings. The van der Waals surface area contributed by atoms with Gasteiger partial charge in [-0.05, 0) is 48.4 Å². The fourth-order valence-corrected chi connectivity index (χ4v) is 2.03. The lowest BCUT2D eigenvalue weighted by molar-refractivity contribution is 0.0697. The number of hydrogen-bond acceptors (Lipinski definition) is 4. The van der Waals surface area contributed by atoms with E-state index in [0.29, 0.717) is 29.1 Å². The molecule has 23 heavy (non-hydrogen) atoms. The van der Waals surface area contributed by atoms with Crippen molar-refractivity contribution in [3.63, 3.8) is 0 Å². The first kappa shape index (κ1) is 16.1. The molecule has 0 aliphatic rings. The highest BCUT2D eigenvalue weighted by molar-refractivity contribution is 5.92. The van der Waals surface area contributed by atoms with Gasteiger partial charge in [0.2, 0.25) is 0 Å². The lowest BCUT2D eigenvalue weighted by Gasteiger charge is -2.07. The van der Waals surface area contributed by atoms with Crippen molar-refractivity contribution in [2.24, 2.45) is 0 Å². The Morgan fingerprint density at radius 1 is 1.22 bits per heavy atom. The van der Waals surface area contributed by atoms with Crippen LogP contribution in [0.3, 0.4) is 0 Å². The summed E-state index contributed by atoms with van der Waals surface area (Å²) in [6, 6.07) is 13.0. The number of carboxylic acid groups (broad SMARTS) is 1. The Kier molecular flexibility index (Phi) is 5.00. The van der Waals surface area contributed by atoms with Crippen LogP contribution in [0.15, 0.2) is 42.5 Å². The summed E-state index contributed by atoms with van der Waals surface area (Å²) in [6.07, 6.45) is 1.65. The number of phenols is 1. The number of nitriles is 1. The number of aromatic carboxylic acids is 1. The first-order valence-corrected chi connectivity index (χ1v) is 6.96. The van der Waals surface area contributed by atoms with E-state index in [1.54, 1.807) is 30.3 Å². The molecule has 2 rings (SSSR count). The number of ether oxygens (including phenoxy) is 1. The van der Waals surface area contributed by atoms with Gasteiger partial charge in [-0.2, -0.15) is 5.26 Å². The summed E-state index contributed by atoms with van der Waals surface area (Å²) in [4.78, 5) is 10.9. The Hall–Kier alpha value is -3.26. The van der Waals surface area contributed by atoms with Gasteiger partial charge in [-0.25, -0.2) is 4.79 Å². The third-order valence-corrected chi connectivity index (χ3v) is 3.16. The number of phenolic OH excluding ortho intramolecular Hbond substituents is 1. The van der Waals surface area contributed by atoms with Crippen molar-refractivity contribution in [2.45, 2.75) is 6.92 Å². The van der Waals surface area contributed by atoms with Crippen LogP contribution in [0.2, 0.25) is 0 Å². The zero-order valence-corrected chi connectivity index (χ0v) is 12.5. The number of rotatable bonds is 5. The summed E-state index contributed by atoms with van der Waals surface area (Å²) in [5.74, 6) is -0.632. The predicted octanol–water partition coefficient (Wildman–Crippen LogP) is 3.55. The van der Waals surface area contributed by atoms with Crippen LogP contribution in [-0.2, 0) is 0 Å². The minimum atomic E-state index is -1.01. The lowest BCUT2D eigenvalue weighted by atomic mass is 10.0. The van der Waals surface area contributed by atoms with Crippen LogP contribution in [0, 0.1) is 11.3 Å². The molecule has 0 aromatic heterocycles. The van der Waals surface area contributed by atoms with E-state index in [2.05, 4.69) is 6.07 Å². The van der Waals surface area contributed by atoms with Gasteiger partial charge in [0, 0.05) is 0 Å². The van der Waals surface area contributed by atoms with Gasteiger partial charge in [0.25, 0.3) is 0 Å². The molecule has 0 saturated carbocycles. The molecule has 0 heterocycles. The van der Waals surface area contributed by atoms with Gasteiger partial charge in [0.05, 0.1) is 23.8 Å². The number of aromatic hydroxyl groups is 1. The molecule has 0 unspecified atom stereocenters. The molecule has 0 spiro atoms. The maximum atomic E-state index is 10.9. The molecule has 0 radical (unpaired) electrons. The lowest BCUT2D eigenvalue weighted by Crippen LogP contribution is -1.95. The van der Waals surface area contributed by atoms with Crippen molar-refractivity contribution >= 4 is 17.6 Å². The van der Waals surface area contributed by atoms with E-state index >= 15 is 0 Å². The topological polar surface area (TPSA) is 90.5 Å². The average Bonchev–Trinajstić information content (AvgIpc) is 2.56. The largest absolute Gasteiger partial charge is 0.504 e. The SMILES string of the molecule is CCOc1cc(/C=C(/C#N)c2ccc(C(=O)O)cc2)ccc1O. The molecule has 0 aliphatic carbocycles. The smallest absolute Gasteiger partial charge is 0.335 e. The zero-order valence-electron chi connectivity index (χ0n) is 12.5. The summed E-state index contributed by atoms with van der Waals surface area (Å²) < 4.78 is 5.31. The number of carboxylic acids is 1. The van der Waals surface area contributed by atoms with E-state index in [1.165, 1.54) is 18.2 Å². The average molecular weight is 309 g/mol. The Morgan fingerprint density at radius 2 is 1.87 bits per heavy atom. The van der Waals surface area contributed by atoms with Crippen LogP contribution < -0.4 is 4.74 Å². The molecule has 0 bridgehead atoms. The number of allylic oxidation sites excluding steroid dienone is 1. The fourth-order valence-electron chi connectivity index (χ4n) is 2.03. The Balaban J connectivity index is 2.37. The van der Waals surface area contributed by atoms with Crippen molar-refractivity contribution in [2.75, 3.05) is 6.61 Å². The number of nitrogens with zero attached hydrogens (tertiary/aromatic N) is 1. The van der Waals surface area contributed by atoms with Crippen molar-refractivity contribution in [3.8, 4) is 17.6 Å². The zero-order chi connectivity index (χ0) is 16.8. The Morgan fingerprint density at radius 3 is 2.43 bits per heavy atom. The van der Waals surface area contributed by atoms with Crippen LogP contribution in [0.4, 0.5) is 0 Å². The van der Waals surface area contributed by atoms with E-state index in [9.17, 15) is 15.2 Å². The summed E-state index contributed by atoms with van der Waals surface area (Å²) >= 11 is 0. The Bertz CT molecular complexity index is 786. The second kappa shape index (κ2) is 7.14. The van der Waals surface area contributed by atoms with Crippen molar-refractivity contribution in [3.05, 3.63) is 59.2 Å². The van der Waals surface area contributed by atoms with Crippen LogP contribution >= 0.6 is 0 Å². The van der Waals surface area contributed by atoms with E-state index < -0.39 is 5.97 Å². The molecule has 2 N–H and O–H groups in total. The van der Waals surface area contributed by atoms with Crippen LogP contribution in [0.5, 0.6) is 11.5 Å². The van der Waals surface area contributed by atoms with Gasteiger partial charge < -0.3 is 14.9 Å². The molecule has 0 amide bonds. The van der Waals surface area contributed by atoms with Gasteiger partial charge >= 0.3 is 5.97 Å². The van der Waals surface area contributed by atoms with Gasteiger partial charge in [0.15, 0.2) is 11.5 Å². The van der Waals surface area contributed by atoms with Gasteiger partial charge in [-0.1, -0.05) is 18.2 Å². The summed E-state index contributed by atoms with van der Waals surface area (Å²) in [5, 5.41) is 27.9. The number of hydrogen-bond donors (Lipinski definition) is 2. The molecule has 116 valence electrons. The van der Waals surface area contributed by atoms with Crippen LogP contribution in [0.1, 0.15) is 28.4 Å². The maximum Gasteiger partial charge on any atom is 0.335 e. The predicted molar refractivity (Wildman–Crippen MR) is 86.2 cm³/mol. The van der Waals surface area contributed by atoms with E-state index in [1.807, 2.05) is 6.92 Å². The fraction of sp³-hybridized carbons (Fsp3) is 0.111. The first-order valence-electron chi connectivity index (χ1n) is 6.96.